The van der Waals surface area contributed by atoms with E-state index in [-0.39, 0.29) is 35.6 Å². The van der Waals surface area contributed by atoms with Crippen LogP contribution in [0.15, 0.2) is 48.1 Å². The summed E-state index contributed by atoms with van der Waals surface area (Å²) in [6.45, 7) is 26.8. The Morgan fingerprint density at radius 1 is 0.811 bits per heavy atom. The van der Waals surface area contributed by atoms with Crippen molar-refractivity contribution in [3.63, 3.8) is 0 Å². The largest absolute Gasteiger partial charge is 1.00 e. The average Bonchev–Trinajstić information content (AvgIpc) is 3.29. The Bertz CT molecular complexity index is 1050. The van der Waals surface area contributed by atoms with E-state index in [1.807, 2.05) is 0 Å². The second kappa shape index (κ2) is 14.0. The number of rotatable bonds is 0. The van der Waals surface area contributed by atoms with E-state index < -0.39 is 0 Å². The maximum Gasteiger partial charge on any atom is -1.00 e. The third kappa shape index (κ3) is 10.7. The van der Waals surface area contributed by atoms with Crippen LogP contribution in [0.4, 0.5) is 0 Å². The fourth-order valence-electron chi connectivity index (χ4n) is 4.04. The third-order valence-corrected chi connectivity index (χ3v) is 6.32. The number of benzene rings is 2. The van der Waals surface area contributed by atoms with Crippen molar-refractivity contribution in [3.8, 4) is 11.1 Å². The summed E-state index contributed by atoms with van der Waals surface area (Å²) in [5.41, 5.74) is 10.5. The molecule has 0 nitrogen and oxygen atoms in total. The van der Waals surface area contributed by atoms with Gasteiger partial charge in [0.1, 0.15) is 0 Å². The molecule has 2 aromatic rings. The van der Waals surface area contributed by atoms with Crippen molar-refractivity contribution >= 4 is 3.26 Å². The van der Waals surface area contributed by atoms with E-state index in [4.69, 9.17) is 0 Å². The standard InChI is InChI=1S/C21H25.C10H15.C3H6.2ClH.Hf/c1-20(2,3)16-9-7-14-11-15-8-10-17(21(4,5)6)13-19(15)18(14)12-16;1-8-5-6-9(7-8)10(2,3)4;1-3-2;;;/h7,9-10,12-13H,11H2,1-6H3;6-8H,1-4H3;1-2H3;2*1H;/q2*-1;;;;+2/p-2. The molecular formula is C34H46Cl2Hf-2. The van der Waals surface area contributed by atoms with Crippen molar-refractivity contribution < 1.29 is 48.7 Å². The molecule has 0 aromatic heterocycles. The molecule has 0 bridgehead atoms. The first kappa shape index (κ1) is 36.2. The molecule has 1 unspecified atom stereocenters. The van der Waals surface area contributed by atoms with Crippen molar-refractivity contribution in [2.45, 2.75) is 100 Å². The zero-order chi connectivity index (χ0) is 26.8. The van der Waals surface area contributed by atoms with Gasteiger partial charge in [-0.25, -0.2) is 6.08 Å². The van der Waals surface area contributed by atoms with E-state index in [9.17, 15) is 0 Å². The van der Waals surface area contributed by atoms with Crippen molar-refractivity contribution in [2.75, 3.05) is 0 Å². The summed E-state index contributed by atoms with van der Waals surface area (Å²) in [6, 6.07) is 15.1. The first-order valence-corrected chi connectivity index (χ1v) is 14.7. The molecule has 0 N–H and O–H groups in total. The van der Waals surface area contributed by atoms with Crippen LogP contribution in [-0.4, -0.2) is 3.26 Å². The van der Waals surface area contributed by atoms with Gasteiger partial charge < -0.3 is 24.8 Å². The van der Waals surface area contributed by atoms with E-state index >= 15 is 0 Å². The van der Waals surface area contributed by atoms with Gasteiger partial charge in [-0.05, 0) is 17.4 Å². The topological polar surface area (TPSA) is 0 Å². The summed E-state index contributed by atoms with van der Waals surface area (Å²) < 4.78 is 1.56. The normalized spacial score (nSPS) is 15.5. The number of allylic oxidation sites excluding steroid dienone is 4. The van der Waals surface area contributed by atoms with Gasteiger partial charge in [0, 0.05) is 0 Å². The molecule has 0 amide bonds. The van der Waals surface area contributed by atoms with Crippen LogP contribution in [-0.2, 0) is 41.1 Å². The summed E-state index contributed by atoms with van der Waals surface area (Å²) in [4.78, 5) is 0. The Morgan fingerprint density at radius 3 is 1.73 bits per heavy atom. The molecule has 0 fully saturated rings. The van der Waals surface area contributed by atoms with E-state index in [0.717, 1.165) is 6.42 Å². The molecule has 2 aromatic carbocycles. The van der Waals surface area contributed by atoms with E-state index in [1.165, 1.54) is 62.8 Å². The zero-order valence-corrected chi connectivity index (χ0v) is 30.2. The monoisotopic (exact) mass is 704 g/mol. The molecule has 0 spiro atoms. The second-order valence-corrected chi connectivity index (χ2v) is 16.9. The molecule has 2 aliphatic carbocycles. The first-order valence-electron chi connectivity index (χ1n) is 12.9. The van der Waals surface area contributed by atoms with Gasteiger partial charge in [-0.3, -0.25) is 6.08 Å². The predicted octanol–water partition coefficient (Wildman–Crippen LogP) is 3.37. The first-order chi connectivity index (χ1) is 15.9. The van der Waals surface area contributed by atoms with E-state index in [1.54, 1.807) is 3.26 Å². The molecular weight excluding hydrogens is 658 g/mol. The zero-order valence-electron chi connectivity index (χ0n) is 25.1. The second-order valence-electron chi connectivity index (χ2n) is 13.3. The number of fused-ring (bicyclic) bond motifs is 3. The summed E-state index contributed by atoms with van der Waals surface area (Å²) in [5.74, 6) is 0.522. The van der Waals surface area contributed by atoms with Gasteiger partial charge in [-0.2, -0.15) is 41.0 Å². The van der Waals surface area contributed by atoms with Gasteiger partial charge in [0.05, 0.1) is 0 Å². The summed E-state index contributed by atoms with van der Waals surface area (Å²) in [7, 11) is 0. The Morgan fingerprint density at radius 2 is 1.32 bits per heavy atom. The van der Waals surface area contributed by atoms with E-state index in [2.05, 4.69) is 138 Å². The molecule has 0 radical (unpaired) electrons. The van der Waals surface area contributed by atoms with Crippen LogP contribution in [0.3, 0.4) is 0 Å². The Kier molecular flexibility index (Phi) is 13.8. The molecule has 2 aliphatic rings. The van der Waals surface area contributed by atoms with Gasteiger partial charge >= 0.3 is 41.0 Å². The Labute approximate surface area is 255 Å². The summed E-state index contributed by atoms with van der Waals surface area (Å²) in [6.07, 6.45) is 8.68. The Balaban J connectivity index is 0.000000684. The van der Waals surface area contributed by atoms with Gasteiger partial charge in [-0.15, -0.1) is 5.56 Å². The maximum atomic E-state index is 3.53. The van der Waals surface area contributed by atoms with E-state index in [0.29, 0.717) is 11.3 Å². The molecule has 0 saturated heterocycles. The molecule has 4 rings (SSSR count). The van der Waals surface area contributed by atoms with Crippen LogP contribution >= 0.6 is 0 Å². The minimum Gasteiger partial charge on any atom is -1.00 e. The fourth-order valence-corrected chi connectivity index (χ4v) is 4.04. The SMILES string of the molecule is CC(C)(C)c1c[c-]c2c(c1)-c1cc(C(C)(C)C)ccc1C2.CC1[C-]=CC(C(C)(C)C)=C1.C[C](C)=[Hf+2].[Cl-].[Cl-]. The van der Waals surface area contributed by atoms with Crippen LogP contribution in [0.5, 0.6) is 0 Å². The van der Waals surface area contributed by atoms with Crippen molar-refractivity contribution in [1.82, 2.24) is 0 Å². The Hall–Kier alpha value is -0.760. The van der Waals surface area contributed by atoms with Crippen molar-refractivity contribution in [1.29, 1.82) is 0 Å². The van der Waals surface area contributed by atoms with Gasteiger partial charge in [0.25, 0.3) is 0 Å². The number of halogens is 2. The molecule has 202 valence electrons. The number of hydrogen-bond acceptors (Lipinski definition) is 0. The molecule has 0 aliphatic heterocycles. The molecule has 3 heteroatoms. The molecule has 1 atom stereocenters. The average molecular weight is 704 g/mol. The molecule has 0 heterocycles. The van der Waals surface area contributed by atoms with Crippen LogP contribution in [0, 0.1) is 23.5 Å². The van der Waals surface area contributed by atoms with Gasteiger partial charge in [0.2, 0.25) is 0 Å². The molecule has 0 saturated carbocycles. The fraction of sp³-hybridized carbons (Fsp3) is 0.500. The summed E-state index contributed by atoms with van der Waals surface area (Å²) >= 11 is 1.27. The number of hydrogen-bond donors (Lipinski definition) is 0. The third-order valence-electron chi connectivity index (χ3n) is 6.32. The van der Waals surface area contributed by atoms with Crippen LogP contribution in [0.25, 0.3) is 11.1 Å². The van der Waals surface area contributed by atoms with Gasteiger partial charge in [0.15, 0.2) is 0 Å². The van der Waals surface area contributed by atoms with Crippen molar-refractivity contribution in [3.05, 3.63) is 82.5 Å². The van der Waals surface area contributed by atoms with Crippen LogP contribution < -0.4 is 24.8 Å². The quantitative estimate of drug-likeness (QED) is 0.249. The minimum absolute atomic E-state index is 0. The summed E-state index contributed by atoms with van der Waals surface area (Å²) in [5, 5.41) is 0. The van der Waals surface area contributed by atoms with Crippen LogP contribution in [0.1, 0.15) is 105 Å². The van der Waals surface area contributed by atoms with Crippen LogP contribution in [0.2, 0.25) is 0 Å². The van der Waals surface area contributed by atoms with Gasteiger partial charge in [-0.1, -0.05) is 115 Å². The van der Waals surface area contributed by atoms with Crippen molar-refractivity contribution in [2.24, 2.45) is 11.3 Å². The molecule has 37 heavy (non-hydrogen) atoms. The maximum absolute atomic E-state index is 3.53. The predicted molar refractivity (Wildman–Crippen MR) is 152 cm³/mol. The minimum atomic E-state index is 0. The smallest absolute Gasteiger partial charge is 1.00 e.